The number of carbonyl (C=O) groups is 1. The second kappa shape index (κ2) is 3.83. The molecular formula is C8H11NO4S. The SMILES string of the molecule is CCOC1=C(C(=O)O)C=NS(C)(=O)=C1. The van der Waals surface area contributed by atoms with Crippen LogP contribution in [-0.2, 0) is 19.2 Å². The molecule has 14 heavy (non-hydrogen) atoms. The van der Waals surface area contributed by atoms with Crippen molar-refractivity contribution in [2.75, 3.05) is 12.9 Å². The summed E-state index contributed by atoms with van der Waals surface area (Å²) in [5.74, 6) is -1.01. The van der Waals surface area contributed by atoms with Gasteiger partial charge in [-0.3, -0.25) is 0 Å². The van der Waals surface area contributed by atoms with E-state index in [2.05, 4.69) is 4.40 Å². The van der Waals surface area contributed by atoms with Crippen molar-refractivity contribution >= 4 is 27.3 Å². The molecule has 0 spiro atoms. The molecule has 0 bridgehead atoms. The number of hydrogen-bond acceptors (Lipinski definition) is 3. The van der Waals surface area contributed by atoms with Gasteiger partial charge in [-0.1, -0.05) is 0 Å². The zero-order chi connectivity index (χ0) is 10.8. The molecule has 5 nitrogen and oxygen atoms in total. The van der Waals surface area contributed by atoms with E-state index in [0.29, 0.717) is 6.61 Å². The molecule has 0 saturated carbocycles. The number of rotatable bonds is 3. The summed E-state index contributed by atoms with van der Waals surface area (Å²) in [6.07, 6.45) is 2.50. The number of carboxylic acids is 1. The summed E-state index contributed by atoms with van der Waals surface area (Å²) in [4.78, 5) is 10.7. The molecule has 0 radical (unpaired) electrons. The van der Waals surface area contributed by atoms with E-state index in [4.69, 9.17) is 9.84 Å². The van der Waals surface area contributed by atoms with Crippen LogP contribution in [0, 0.1) is 0 Å². The normalized spacial score (nSPS) is 25.9. The van der Waals surface area contributed by atoms with Gasteiger partial charge in [0.25, 0.3) is 0 Å². The van der Waals surface area contributed by atoms with Gasteiger partial charge >= 0.3 is 5.97 Å². The molecular weight excluding hydrogens is 206 g/mol. The Morgan fingerprint density at radius 3 is 2.86 bits per heavy atom. The molecule has 0 fully saturated rings. The highest BCUT2D eigenvalue weighted by Crippen LogP contribution is 2.10. The summed E-state index contributed by atoms with van der Waals surface area (Å²) in [7, 11) is -2.47. The fourth-order valence-electron chi connectivity index (χ4n) is 0.941. The van der Waals surface area contributed by atoms with Gasteiger partial charge < -0.3 is 9.84 Å². The van der Waals surface area contributed by atoms with Gasteiger partial charge in [-0.25, -0.2) is 13.4 Å². The molecule has 0 amide bonds. The summed E-state index contributed by atoms with van der Waals surface area (Å²) < 4.78 is 20.2. The van der Waals surface area contributed by atoms with Crippen LogP contribution < -0.4 is 0 Å². The lowest BCUT2D eigenvalue weighted by Gasteiger charge is -2.11. The first-order valence-electron chi connectivity index (χ1n) is 3.96. The molecule has 0 aliphatic carbocycles. The van der Waals surface area contributed by atoms with Gasteiger partial charge in [-0.2, -0.15) is 0 Å². The molecule has 0 aromatic rings. The zero-order valence-corrected chi connectivity index (χ0v) is 8.71. The highest BCUT2D eigenvalue weighted by atomic mass is 32.2. The first-order chi connectivity index (χ1) is 6.46. The van der Waals surface area contributed by atoms with Crippen LogP contribution in [0.15, 0.2) is 15.7 Å². The van der Waals surface area contributed by atoms with Crippen LogP contribution in [0.1, 0.15) is 6.92 Å². The van der Waals surface area contributed by atoms with Crippen LogP contribution in [-0.4, -0.2) is 39.7 Å². The van der Waals surface area contributed by atoms with Crippen LogP contribution in [0.4, 0.5) is 0 Å². The fourth-order valence-corrected chi connectivity index (χ4v) is 1.91. The summed E-state index contributed by atoms with van der Waals surface area (Å²) in [5, 5.41) is 10.0. The smallest absolute Gasteiger partial charge is 0.341 e. The highest BCUT2D eigenvalue weighted by Gasteiger charge is 2.17. The van der Waals surface area contributed by atoms with Gasteiger partial charge in [-0.15, -0.1) is 0 Å². The molecule has 78 valence electrons. The van der Waals surface area contributed by atoms with Gasteiger partial charge in [-0.05, 0) is 6.92 Å². The van der Waals surface area contributed by atoms with Crippen molar-refractivity contribution in [3.8, 4) is 0 Å². The predicted octanol–water partition coefficient (Wildman–Crippen LogP) is 0.0774. The lowest BCUT2D eigenvalue weighted by atomic mass is 10.2. The van der Waals surface area contributed by atoms with E-state index in [9.17, 15) is 9.00 Å². The minimum atomic E-state index is -2.47. The van der Waals surface area contributed by atoms with Crippen molar-refractivity contribution in [3.63, 3.8) is 0 Å². The number of carboxylic acid groups (broad SMARTS) is 1. The Balaban J connectivity index is 3.23. The molecule has 6 heteroatoms. The third kappa shape index (κ3) is 2.35. The maximum Gasteiger partial charge on any atom is 0.341 e. The molecule has 1 aliphatic rings. The summed E-state index contributed by atoms with van der Waals surface area (Å²) in [6.45, 7) is 2.05. The lowest BCUT2D eigenvalue weighted by Crippen LogP contribution is -2.16. The molecule has 1 aliphatic heterocycles. The molecule has 1 atom stereocenters. The van der Waals surface area contributed by atoms with Crippen molar-refractivity contribution < 1.29 is 18.8 Å². The monoisotopic (exact) mass is 217 g/mol. The van der Waals surface area contributed by atoms with E-state index >= 15 is 0 Å². The van der Waals surface area contributed by atoms with E-state index in [0.717, 1.165) is 6.21 Å². The third-order valence-corrected chi connectivity index (χ3v) is 2.69. The van der Waals surface area contributed by atoms with Gasteiger partial charge in [0, 0.05) is 6.26 Å². The summed E-state index contributed by atoms with van der Waals surface area (Å²) in [5.41, 5.74) is -0.0623. The molecule has 1 unspecified atom stereocenters. The first-order valence-corrected chi connectivity index (χ1v) is 5.94. The Labute approximate surface area is 82.2 Å². The number of aliphatic carboxylic acids is 1. The Morgan fingerprint density at radius 1 is 1.71 bits per heavy atom. The van der Waals surface area contributed by atoms with Crippen LogP contribution in [0.3, 0.4) is 0 Å². The first kappa shape index (κ1) is 10.8. The third-order valence-electron chi connectivity index (χ3n) is 1.51. The van der Waals surface area contributed by atoms with E-state index in [1.807, 2.05) is 0 Å². The van der Waals surface area contributed by atoms with Crippen molar-refractivity contribution in [1.29, 1.82) is 0 Å². The van der Waals surface area contributed by atoms with Gasteiger partial charge in [0.2, 0.25) is 0 Å². The summed E-state index contributed by atoms with van der Waals surface area (Å²) in [6, 6.07) is 0. The maximum atomic E-state index is 11.5. The Kier molecular flexibility index (Phi) is 2.95. The number of allylic oxidation sites excluding steroid dienone is 1. The van der Waals surface area contributed by atoms with E-state index in [1.165, 1.54) is 11.6 Å². The van der Waals surface area contributed by atoms with E-state index in [-0.39, 0.29) is 11.3 Å². The van der Waals surface area contributed by atoms with Crippen LogP contribution in [0.2, 0.25) is 0 Å². The molecule has 0 aromatic carbocycles. The topological polar surface area (TPSA) is 76.0 Å². The fraction of sp³-hybridized carbons (Fsp3) is 0.375. The van der Waals surface area contributed by atoms with Gasteiger partial charge in [0.1, 0.15) is 11.3 Å². The predicted molar refractivity (Wildman–Crippen MR) is 54.9 cm³/mol. The molecule has 0 aromatic heterocycles. The lowest BCUT2D eigenvalue weighted by molar-refractivity contribution is -0.132. The average Bonchev–Trinajstić information content (AvgIpc) is 2.02. The zero-order valence-electron chi connectivity index (χ0n) is 7.89. The minimum Gasteiger partial charge on any atom is -0.492 e. The second-order valence-electron chi connectivity index (χ2n) is 2.73. The average molecular weight is 217 g/mol. The van der Waals surface area contributed by atoms with Crippen LogP contribution in [0.5, 0.6) is 0 Å². The highest BCUT2D eigenvalue weighted by molar-refractivity contribution is 7.99. The van der Waals surface area contributed by atoms with Gasteiger partial charge in [0.15, 0.2) is 0 Å². The molecule has 1 rings (SSSR count). The Bertz CT molecular complexity index is 427. The number of ether oxygens (including phenoxy) is 1. The minimum absolute atomic E-state index is 0.0623. The van der Waals surface area contributed by atoms with E-state index in [1.54, 1.807) is 6.92 Å². The quantitative estimate of drug-likeness (QED) is 0.679. The molecule has 1 heterocycles. The van der Waals surface area contributed by atoms with Crippen molar-refractivity contribution in [1.82, 2.24) is 0 Å². The standard InChI is InChI=1S/C8H11NO4S/c1-3-13-7-5-14(2,12)9-4-6(7)8(10)11/h4-5H,3H2,1-2H3,(H,10,11). The molecule has 1 N–H and O–H groups in total. The van der Waals surface area contributed by atoms with E-state index < -0.39 is 15.7 Å². The van der Waals surface area contributed by atoms with Gasteiger partial charge in [0.05, 0.1) is 27.9 Å². The van der Waals surface area contributed by atoms with Crippen molar-refractivity contribution in [2.24, 2.45) is 4.40 Å². The second-order valence-corrected chi connectivity index (χ2v) is 4.90. The number of hydrogen-bond donors (Lipinski definition) is 1. The Morgan fingerprint density at radius 2 is 2.36 bits per heavy atom. The largest absolute Gasteiger partial charge is 0.492 e. The van der Waals surface area contributed by atoms with Crippen molar-refractivity contribution in [3.05, 3.63) is 11.3 Å². The molecule has 0 saturated heterocycles. The van der Waals surface area contributed by atoms with Crippen molar-refractivity contribution in [2.45, 2.75) is 6.92 Å². The maximum absolute atomic E-state index is 11.5. The van der Waals surface area contributed by atoms with Crippen LogP contribution in [0.25, 0.3) is 0 Å². The summed E-state index contributed by atoms with van der Waals surface area (Å²) >= 11 is 0. The Hall–Kier alpha value is -1.30. The van der Waals surface area contributed by atoms with Crippen LogP contribution >= 0.6 is 0 Å². The number of nitrogens with zero attached hydrogens (tertiary/aromatic N) is 1.